The second-order valence-electron chi connectivity index (χ2n) is 6.52. The molecule has 126 valence electrons. The number of carbonyl (C=O) groups excluding carboxylic acids is 2. The average Bonchev–Trinajstić information content (AvgIpc) is 2.45. The Hall–Kier alpha value is -1.95. The van der Waals surface area contributed by atoms with Gasteiger partial charge in [0, 0.05) is 42.5 Å². The first kappa shape index (κ1) is 17.4. The SMILES string of the molecule is CC(C)(C)OC(=O)N1CCN(c2cc(Cl)cc(C(N)=O)c2)CC1. The van der Waals surface area contributed by atoms with E-state index in [4.69, 9.17) is 22.1 Å². The van der Waals surface area contributed by atoms with Crippen LogP contribution < -0.4 is 10.6 Å². The number of piperazine rings is 1. The minimum Gasteiger partial charge on any atom is -0.444 e. The Morgan fingerprint density at radius 2 is 1.74 bits per heavy atom. The van der Waals surface area contributed by atoms with Crippen molar-refractivity contribution in [2.75, 3.05) is 31.1 Å². The van der Waals surface area contributed by atoms with Crippen LogP contribution in [-0.4, -0.2) is 48.7 Å². The number of rotatable bonds is 2. The van der Waals surface area contributed by atoms with Gasteiger partial charge in [-0.2, -0.15) is 0 Å². The highest BCUT2D eigenvalue weighted by Crippen LogP contribution is 2.24. The Morgan fingerprint density at radius 3 is 2.26 bits per heavy atom. The van der Waals surface area contributed by atoms with Gasteiger partial charge < -0.3 is 20.3 Å². The highest BCUT2D eigenvalue weighted by Gasteiger charge is 2.26. The molecule has 1 aromatic rings. The lowest BCUT2D eigenvalue weighted by molar-refractivity contribution is 0.0240. The summed E-state index contributed by atoms with van der Waals surface area (Å²) in [5.74, 6) is -0.513. The minimum atomic E-state index is -0.513. The molecule has 0 spiro atoms. The Bertz CT molecular complexity index is 605. The summed E-state index contributed by atoms with van der Waals surface area (Å²) in [5.41, 5.74) is 6.02. The van der Waals surface area contributed by atoms with Crippen LogP contribution in [0.1, 0.15) is 31.1 Å². The molecule has 1 aliphatic rings. The summed E-state index contributed by atoms with van der Waals surface area (Å²) in [7, 11) is 0. The number of hydrogen-bond donors (Lipinski definition) is 1. The second-order valence-corrected chi connectivity index (χ2v) is 6.95. The van der Waals surface area contributed by atoms with Crippen LogP contribution in [0.2, 0.25) is 5.02 Å². The van der Waals surface area contributed by atoms with Gasteiger partial charge in [0.15, 0.2) is 0 Å². The zero-order valence-corrected chi connectivity index (χ0v) is 14.4. The van der Waals surface area contributed by atoms with Crippen molar-refractivity contribution in [3.8, 4) is 0 Å². The predicted molar refractivity (Wildman–Crippen MR) is 90.0 cm³/mol. The van der Waals surface area contributed by atoms with Gasteiger partial charge in [-0.25, -0.2) is 4.79 Å². The molecule has 0 atom stereocenters. The summed E-state index contributed by atoms with van der Waals surface area (Å²) in [6.07, 6.45) is -0.305. The lowest BCUT2D eigenvalue weighted by Gasteiger charge is -2.36. The summed E-state index contributed by atoms with van der Waals surface area (Å²) in [4.78, 5) is 27.1. The summed E-state index contributed by atoms with van der Waals surface area (Å²) in [5, 5.41) is 0.464. The first-order chi connectivity index (χ1) is 10.7. The number of benzene rings is 1. The van der Waals surface area contributed by atoms with E-state index in [0.29, 0.717) is 36.8 Å². The number of hydrogen-bond acceptors (Lipinski definition) is 4. The van der Waals surface area contributed by atoms with Gasteiger partial charge in [0.05, 0.1) is 0 Å². The molecular weight excluding hydrogens is 318 g/mol. The summed E-state index contributed by atoms with van der Waals surface area (Å²) < 4.78 is 5.37. The topological polar surface area (TPSA) is 75.9 Å². The molecule has 1 aliphatic heterocycles. The number of nitrogens with zero attached hydrogens (tertiary/aromatic N) is 2. The number of anilines is 1. The number of amides is 2. The van der Waals surface area contributed by atoms with Crippen LogP contribution >= 0.6 is 11.6 Å². The Kier molecular flexibility index (Phi) is 5.04. The van der Waals surface area contributed by atoms with Crippen LogP contribution in [0.25, 0.3) is 0 Å². The molecule has 0 radical (unpaired) electrons. The van der Waals surface area contributed by atoms with Crippen molar-refractivity contribution in [2.45, 2.75) is 26.4 Å². The number of nitrogens with two attached hydrogens (primary N) is 1. The minimum absolute atomic E-state index is 0.305. The number of primary amides is 1. The van der Waals surface area contributed by atoms with Gasteiger partial charge in [0.25, 0.3) is 0 Å². The number of carbonyl (C=O) groups is 2. The zero-order chi connectivity index (χ0) is 17.2. The van der Waals surface area contributed by atoms with Gasteiger partial charge in [-0.1, -0.05) is 11.6 Å². The fraction of sp³-hybridized carbons (Fsp3) is 0.500. The molecule has 1 saturated heterocycles. The molecular formula is C16H22ClN3O3. The molecule has 0 unspecified atom stereocenters. The first-order valence-electron chi connectivity index (χ1n) is 7.49. The largest absolute Gasteiger partial charge is 0.444 e. The lowest BCUT2D eigenvalue weighted by atomic mass is 10.1. The Labute approximate surface area is 141 Å². The third-order valence-electron chi connectivity index (χ3n) is 3.46. The maximum absolute atomic E-state index is 12.1. The van der Waals surface area contributed by atoms with E-state index in [-0.39, 0.29) is 6.09 Å². The summed E-state index contributed by atoms with van der Waals surface area (Å²) in [6, 6.07) is 5.05. The van der Waals surface area contributed by atoms with Crippen molar-refractivity contribution in [3.05, 3.63) is 28.8 Å². The van der Waals surface area contributed by atoms with Crippen LogP contribution in [0.3, 0.4) is 0 Å². The van der Waals surface area contributed by atoms with Gasteiger partial charge >= 0.3 is 6.09 Å². The van der Waals surface area contributed by atoms with Crippen molar-refractivity contribution in [3.63, 3.8) is 0 Å². The molecule has 0 bridgehead atoms. The third kappa shape index (κ3) is 4.76. The van der Waals surface area contributed by atoms with Crippen molar-refractivity contribution < 1.29 is 14.3 Å². The smallest absolute Gasteiger partial charge is 0.410 e. The first-order valence-corrected chi connectivity index (χ1v) is 7.87. The van der Waals surface area contributed by atoms with Gasteiger partial charge in [0.1, 0.15) is 5.60 Å². The van der Waals surface area contributed by atoms with E-state index >= 15 is 0 Å². The number of halogens is 1. The van der Waals surface area contributed by atoms with E-state index in [0.717, 1.165) is 5.69 Å². The second kappa shape index (κ2) is 6.66. The van der Waals surface area contributed by atoms with E-state index in [1.54, 1.807) is 23.1 Å². The molecule has 0 aromatic heterocycles. The number of ether oxygens (including phenoxy) is 1. The van der Waals surface area contributed by atoms with Gasteiger partial charge in [-0.05, 0) is 39.0 Å². The Balaban J connectivity index is 2.02. The van der Waals surface area contributed by atoms with Crippen molar-refractivity contribution in [2.24, 2.45) is 5.73 Å². The predicted octanol–water partition coefficient (Wildman–Crippen LogP) is 2.50. The zero-order valence-electron chi connectivity index (χ0n) is 13.6. The van der Waals surface area contributed by atoms with Gasteiger partial charge in [-0.3, -0.25) is 4.79 Å². The van der Waals surface area contributed by atoms with E-state index in [2.05, 4.69) is 4.90 Å². The third-order valence-corrected chi connectivity index (χ3v) is 3.68. The fourth-order valence-corrected chi connectivity index (χ4v) is 2.60. The van der Waals surface area contributed by atoms with Crippen LogP contribution in [0.5, 0.6) is 0 Å². The molecule has 7 heteroatoms. The monoisotopic (exact) mass is 339 g/mol. The fourth-order valence-electron chi connectivity index (χ4n) is 2.37. The van der Waals surface area contributed by atoms with Crippen molar-refractivity contribution >= 4 is 29.3 Å². The lowest BCUT2D eigenvalue weighted by Crippen LogP contribution is -2.50. The average molecular weight is 340 g/mol. The van der Waals surface area contributed by atoms with E-state index < -0.39 is 11.5 Å². The molecule has 1 fully saturated rings. The summed E-state index contributed by atoms with van der Waals surface area (Å²) in [6.45, 7) is 7.91. The van der Waals surface area contributed by atoms with Crippen LogP contribution in [0, 0.1) is 0 Å². The molecule has 23 heavy (non-hydrogen) atoms. The maximum atomic E-state index is 12.1. The molecule has 0 saturated carbocycles. The van der Waals surface area contributed by atoms with Crippen LogP contribution in [0.15, 0.2) is 18.2 Å². The van der Waals surface area contributed by atoms with Gasteiger partial charge in [0.2, 0.25) is 5.91 Å². The molecule has 2 amide bonds. The van der Waals surface area contributed by atoms with E-state index in [1.165, 1.54) is 0 Å². The molecule has 1 aromatic carbocycles. The van der Waals surface area contributed by atoms with Crippen molar-refractivity contribution in [1.29, 1.82) is 0 Å². The Morgan fingerprint density at radius 1 is 1.13 bits per heavy atom. The molecule has 0 aliphatic carbocycles. The summed E-state index contributed by atoms with van der Waals surface area (Å²) >= 11 is 6.05. The molecule has 2 N–H and O–H groups in total. The quantitative estimate of drug-likeness (QED) is 0.898. The van der Waals surface area contributed by atoms with E-state index in [1.807, 2.05) is 20.8 Å². The molecule has 2 rings (SSSR count). The molecule has 6 nitrogen and oxygen atoms in total. The molecule has 1 heterocycles. The highest BCUT2D eigenvalue weighted by atomic mass is 35.5. The normalized spacial score (nSPS) is 15.5. The maximum Gasteiger partial charge on any atom is 0.410 e. The van der Waals surface area contributed by atoms with Crippen LogP contribution in [0.4, 0.5) is 10.5 Å². The van der Waals surface area contributed by atoms with E-state index in [9.17, 15) is 9.59 Å². The van der Waals surface area contributed by atoms with Gasteiger partial charge in [-0.15, -0.1) is 0 Å². The highest BCUT2D eigenvalue weighted by molar-refractivity contribution is 6.31. The van der Waals surface area contributed by atoms with Crippen LogP contribution in [-0.2, 0) is 4.74 Å². The van der Waals surface area contributed by atoms with Crippen molar-refractivity contribution in [1.82, 2.24) is 4.90 Å². The standard InChI is InChI=1S/C16H22ClN3O3/c1-16(2,3)23-15(22)20-6-4-19(5-7-20)13-9-11(14(18)21)8-12(17)10-13/h8-10H,4-7H2,1-3H3,(H2,18,21).